The van der Waals surface area contributed by atoms with E-state index >= 15 is 0 Å². The summed E-state index contributed by atoms with van der Waals surface area (Å²) >= 11 is 6.26. The average Bonchev–Trinajstić information content (AvgIpc) is 2.74. The van der Waals surface area contributed by atoms with E-state index in [1.807, 2.05) is 35.8 Å². The first kappa shape index (κ1) is 13.9. The Morgan fingerprint density at radius 2 is 2.00 bits per heavy atom. The highest BCUT2D eigenvalue weighted by molar-refractivity contribution is 6.31. The van der Waals surface area contributed by atoms with E-state index < -0.39 is 0 Å². The lowest BCUT2D eigenvalue weighted by molar-refractivity contribution is 0.619. The van der Waals surface area contributed by atoms with E-state index in [9.17, 15) is 4.39 Å². The first-order valence-electron chi connectivity index (χ1n) is 6.67. The lowest BCUT2D eigenvalue weighted by atomic mass is 10.1. The van der Waals surface area contributed by atoms with Gasteiger partial charge < -0.3 is 10.3 Å². The molecule has 1 atom stereocenters. The number of hydrogen-bond acceptors (Lipinski definition) is 2. The highest BCUT2D eigenvalue weighted by atomic mass is 35.5. The van der Waals surface area contributed by atoms with Crippen LogP contribution in [0.25, 0.3) is 11.0 Å². The molecular formula is C16H15ClFN3. The number of nitrogens with zero attached hydrogens (tertiary/aromatic N) is 2. The van der Waals surface area contributed by atoms with Crippen LogP contribution < -0.4 is 5.73 Å². The normalized spacial score (nSPS) is 12.8. The van der Waals surface area contributed by atoms with Gasteiger partial charge in [0, 0.05) is 11.1 Å². The summed E-state index contributed by atoms with van der Waals surface area (Å²) in [7, 11) is 0. The molecule has 0 bridgehead atoms. The van der Waals surface area contributed by atoms with Crippen LogP contribution >= 0.6 is 11.6 Å². The number of halogens is 2. The highest BCUT2D eigenvalue weighted by Crippen LogP contribution is 2.31. The van der Waals surface area contributed by atoms with Crippen molar-refractivity contribution in [3.63, 3.8) is 0 Å². The first-order chi connectivity index (χ1) is 9.99. The standard InChI is InChI=1S/C16H15ClFN3/c1-9-7-15-14(8-13(9)18)20-16(19)21(15)10(2)11-5-3-4-6-12(11)17/h3-8,10H,1-2H3,(H2,19,20). The lowest BCUT2D eigenvalue weighted by Gasteiger charge is -2.18. The quantitative estimate of drug-likeness (QED) is 0.766. The molecule has 5 heteroatoms. The van der Waals surface area contributed by atoms with Gasteiger partial charge in [0.2, 0.25) is 5.95 Å². The van der Waals surface area contributed by atoms with Gasteiger partial charge in [0.05, 0.1) is 17.1 Å². The zero-order valence-corrected chi connectivity index (χ0v) is 12.5. The first-order valence-corrected chi connectivity index (χ1v) is 7.05. The monoisotopic (exact) mass is 303 g/mol. The summed E-state index contributed by atoms with van der Waals surface area (Å²) in [4.78, 5) is 4.25. The van der Waals surface area contributed by atoms with Crippen LogP contribution in [0.2, 0.25) is 5.02 Å². The van der Waals surface area contributed by atoms with E-state index in [-0.39, 0.29) is 11.9 Å². The fourth-order valence-corrected chi connectivity index (χ4v) is 2.89. The minimum absolute atomic E-state index is 0.0893. The maximum Gasteiger partial charge on any atom is 0.201 e. The molecule has 0 saturated carbocycles. The van der Waals surface area contributed by atoms with Gasteiger partial charge in [-0.3, -0.25) is 0 Å². The van der Waals surface area contributed by atoms with Crippen molar-refractivity contribution in [3.8, 4) is 0 Å². The molecule has 1 heterocycles. The Balaban J connectivity index is 2.22. The number of hydrogen-bond donors (Lipinski definition) is 1. The van der Waals surface area contributed by atoms with Gasteiger partial charge in [-0.05, 0) is 37.1 Å². The number of fused-ring (bicyclic) bond motifs is 1. The zero-order chi connectivity index (χ0) is 15.1. The fourth-order valence-electron chi connectivity index (χ4n) is 2.60. The van der Waals surface area contributed by atoms with Gasteiger partial charge in [0.15, 0.2) is 0 Å². The number of imidazole rings is 1. The largest absolute Gasteiger partial charge is 0.369 e. The summed E-state index contributed by atoms with van der Waals surface area (Å²) in [6.45, 7) is 3.72. The molecule has 1 unspecified atom stereocenters. The van der Waals surface area contributed by atoms with Crippen LogP contribution in [0.15, 0.2) is 36.4 Å². The summed E-state index contributed by atoms with van der Waals surface area (Å²) in [6, 6.07) is 10.7. The van der Waals surface area contributed by atoms with Gasteiger partial charge in [-0.25, -0.2) is 9.37 Å². The number of benzene rings is 2. The summed E-state index contributed by atoms with van der Waals surface area (Å²) in [5.74, 6) is 0.0694. The highest BCUT2D eigenvalue weighted by Gasteiger charge is 2.18. The topological polar surface area (TPSA) is 43.8 Å². The molecule has 3 aromatic rings. The van der Waals surface area contributed by atoms with Gasteiger partial charge in [-0.2, -0.15) is 0 Å². The minimum Gasteiger partial charge on any atom is -0.369 e. The van der Waals surface area contributed by atoms with Gasteiger partial charge in [-0.15, -0.1) is 0 Å². The predicted molar refractivity (Wildman–Crippen MR) is 84.1 cm³/mol. The summed E-state index contributed by atoms with van der Waals surface area (Å²) in [5, 5.41) is 0.671. The average molecular weight is 304 g/mol. The Morgan fingerprint density at radius 1 is 1.29 bits per heavy atom. The van der Waals surface area contributed by atoms with Gasteiger partial charge in [-0.1, -0.05) is 29.8 Å². The molecule has 0 saturated heterocycles. The third-order valence-corrected chi connectivity index (χ3v) is 4.08. The molecule has 0 aliphatic rings. The third kappa shape index (κ3) is 2.25. The summed E-state index contributed by atoms with van der Waals surface area (Å²) in [6.07, 6.45) is 0. The van der Waals surface area contributed by atoms with Crippen LogP contribution in [0, 0.1) is 12.7 Å². The van der Waals surface area contributed by atoms with Crippen molar-refractivity contribution >= 4 is 28.6 Å². The van der Waals surface area contributed by atoms with Crippen molar-refractivity contribution < 1.29 is 4.39 Å². The van der Waals surface area contributed by atoms with E-state index in [2.05, 4.69) is 4.98 Å². The van der Waals surface area contributed by atoms with Crippen LogP contribution in [0.1, 0.15) is 24.1 Å². The Hall–Kier alpha value is -2.07. The number of nitrogens with two attached hydrogens (primary N) is 1. The van der Waals surface area contributed by atoms with E-state index in [4.69, 9.17) is 17.3 Å². The van der Waals surface area contributed by atoms with E-state index in [1.54, 1.807) is 13.0 Å². The Labute approximate surface area is 127 Å². The van der Waals surface area contributed by atoms with Crippen molar-refractivity contribution in [2.45, 2.75) is 19.9 Å². The van der Waals surface area contributed by atoms with E-state index in [0.717, 1.165) is 11.1 Å². The van der Waals surface area contributed by atoms with E-state index in [1.165, 1.54) is 6.07 Å². The molecule has 0 aliphatic carbocycles. The Kier molecular flexibility index (Phi) is 3.33. The van der Waals surface area contributed by atoms with Gasteiger partial charge >= 0.3 is 0 Å². The fraction of sp³-hybridized carbons (Fsp3) is 0.188. The molecule has 2 aromatic carbocycles. The number of aryl methyl sites for hydroxylation is 1. The number of nitrogen functional groups attached to an aromatic ring is 1. The zero-order valence-electron chi connectivity index (χ0n) is 11.8. The number of anilines is 1. The van der Waals surface area contributed by atoms with Crippen LogP contribution in [-0.4, -0.2) is 9.55 Å². The minimum atomic E-state index is -0.280. The Morgan fingerprint density at radius 3 is 2.71 bits per heavy atom. The maximum absolute atomic E-state index is 13.7. The number of aromatic nitrogens is 2. The molecule has 21 heavy (non-hydrogen) atoms. The van der Waals surface area contributed by atoms with Gasteiger partial charge in [0.1, 0.15) is 5.82 Å². The number of rotatable bonds is 2. The van der Waals surface area contributed by atoms with Crippen molar-refractivity contribution in [1.82, 2.24) is 9.55 Å². The van der Waals surface area contributed by atoms with Crippen LogP contribution in [0.5, 0.6) is 0 Å². The molecule has 0 radical (unpaired) electrons. The van der Waals surface area contributed by atoms with Gasteiger partial charge in [0.25, 0.3) is 0 Å². The van der Waals surface area contributed by atoms with Crippen molar-refractivity contribution in [2.75, 3.05) is 5.73 Å². The molecular weight excluding hydrogens is 289 g/mol. The van der Waals surface area contributed by atoms with E-state index in [0.29, 0.717) is 22.1 Å². The second-order valence-electron chi connectivity index (χ2n) is 5.13. The molecule has 1 aromatic heterocycles. The molecule has 3 rings (SSSR count). The molecule has 0 fully saturated rings. The lowest BCUT2D eigenvalue weighted by Crippen LogP contribution is -2.10. The SMILES string of the molecule is Cc1cc2c(cc1F)nc(N)n2C(C)c1ccccc1Cl. The Bertz CT molecular complexity index is 826. The van der Waals surface area contributed by atoms with Crippen molar-refractivity contribution in [2.24, 2.45) is 0 Å². The molecule has 0 amide bonds. The molecule has 108 valence electrons. The second-order valence-corrected chi connectivity index (χ2v) is 5.53. The third-order valence-electron chi connectivity index (χ3n) is 3.74. The van der Waals surface area contributed by atoms with Crippen molar-refractivity contribution in [1.29, 1.82) is 0 Å². The maximum atomic E-state index is 13.7. The van der Waals surface area contributed by atoms with Crippen LogP contribution in [0.4, 0.5) is 10.3 Å². The molecule has 0 spiro atoms. The van der Waals surface area contributed by atoms with Crippen molar-refractivity contribution in [3.05, 3.63) is 58.4 Å². The molecule has 0 aliphatic heterocycles. The molecule has 2 N–H and O–H groups in total. The smallest absolute Gasteiger partial charge is 0.201 e. The summed E-state index contributed by atoms with van der Waals surface area (Å²) in [5.41, 5.74) is 8.90. The predicted octanol–water partition coefficient (Wildman–Crippen LogP) is 4.33. The molecule has 3 nitrogen and oxygen atoms in total. The summed E-state index contributed by atoms with van der Waals surface area (Å²) < 4.78 is 15.5. The van der Waals surface area contributed by atoms with Crippen LogP contribution in [0.3, 0.4) is 0 Å². The van der Waals surface area contributed by atoms with Crippen LogP contribution in [-0.2, 0) is 0 Å². The second kappa shape index (κ2) is 5.04.